The Balaban J connectivity index is 2.37. The first-order valence-corrected chi connectivity index (χ1v) is 6.69. The first-order chi connectivity index (χ1) is 9.67. The molecule has 20 heavy (non-hydrogen) atoms. The maximum absolute atomic E-state index is 11.9. The summed E-state index contributed by atoms with van der Waals surface area (Å²) in [6.45, 7) is 5.54. The maximum atomic E-state index is 11.9. The lowest BCUT2D eigenvalue weighted by atomic mass is 10.4. The summed E-state index contributed by atoms with van der Waals surface area (Å²) in [7, 11) is 3.66. The Bertz CT molecular complexity index is 414. The van der Waals surface area contributed by atoms with Crippen LogP contribution in [-0.4, -0.2) is 67.7 Å². The summed E-state index contributed by atoms with van der Waals surface area (Å²) in [6.07, 6.45) is 3.06. The van der Waals surface area contributed by atoms with E-state index in [0.717, 1.165) is 19.6 Å². The molecule has 0 aliphatic heterocycles. The number of methoxy groups -OCH3 is 1. The Hall–Kier alpha value is -1.73. The normalized spacial score (nSPS) is 10.6. The fourth-order valence-corrected chi connectivity index (χ4v) is 1.55. The fraction of sp³-hybridized carbons (Fsp3) is 0.615. The SMILES string of the molecule is CCNc1cncc(C(=O)NCCN(C)CCOC)n1. The number of nitrogens with one attached hydrogen (secondary N) is 2. The highest BCUT2D eigenvalue weighted by Gasteiger charge is 2.08. The van der Waals surface area contributed by atoms with Crippen LogP contribution in [-0.2, 0) is 4.74 Å². The summed E-state index contributed by atoms with van der Waals surface area (Å²) in [5.74, 6) is 0.398. The molecule has 1 amide bonds. The van der Waals surface area contributed by atoms with Crippen molar-refractivity contribution in [1.82, 2.24) is 20.2 Å². The average Bonchev–Trinajstić information content (AvgIpc) is 2.45. The van der Waals surface area contributed by atoms with E-state index in [0.29, 0.717) is 24.7 Å². The van der Waals surface area contributed by atoms with E-state index in [2.05, 4.69) is 25.5 Å². The highest BCUT2D eigenvalue weighted by atomic mass is 16.5. The molecular formula is C13H23N5O2. The third kappa shape index (κ3) is 5.94. The number of ether oxygens (including phenoxy) is 1. The van der Waals surface area contributed by atoms with E-state index in [4.69, 9.17) is 4.74 Å². The van der Waals surface area contributed by atoms with Crippen molar-refractivity contribution < 1.29 is 9.53 Å². The van der Waals surface area contributed by atoms with Crippen molar-refractivity contribution in [2.75, 3.05) is 52.3 Å². The van der Waals surface area contributed by atoms with E-state index in [1.807, 2.05) is 14.0 Å². The molecule has 0 spiro atoms. The Morgan fingerprint density at radius 2 is 2.20 bits per heavy atom. The van der Waals surface area contributed by atoms with Crippen molar-refractivity contribution in [3.8, 4) is 0 Å². The molecule has 0 unspecified atom stereocenters. The highest BCUT2D eigenvalue weighted by molar-refractivity contribution is 5.92. The second-order valence-electron chi connectivity index (χ2n) is 4.37. The van der Waals surface area contributed by atoms with Crippen LogP contribution in [0, 0.1) is 0 Å². The number of nitrogens with zero attached hydrogens (tertiary/aromatic N) is 3. The molecule has 0 fully saturated rings. The number of hydrogen-bond donors (Lipinski definition) is 2. The monoisotopic (exact) mass is 281 g/mol. The number of aromatic nitrogens is 2. The van der Waals surface area contributed by atoms with Crippen molar-refractivity contribution in [3.05, 3.63) is 18.1 Å². The van der Waals surface area contributed by atoms with Crippen LogP contribution in [0.1, 0.15) is 17.4 Å². The molecule has 2 N–H and O–H groups in total. The first-order valence-electron chi connectivity index (χ1n) is 6.69. The quantitative estimate of drug-likeness (QED) is 0.674. The molecule has 1 aromatic heterocycles. The second-order valence-corrected chi connectivity index (χ2v) is 4.37. The van der Waals surface area contributed by atoms with Crippen molar-refractivity contribution in [3.63, 3.8) is 0 Å². The Morgan fingerprint density at radius 3 is 2.90 bits per heavy atom. The van der Waals surface area contributed by atoms with Crippen molar-refractivity contribution in [1.29, 1.82) is 0 Å². The summed E-state index contributed by atoms with van der Waals surface area (Å²) in [5.41, 5.74) is 0.322. The molecule has 0 saturated carbocycles. The van der Waals surface area contributed by atoms with Gasteiger partial charge in [0.1, 0.15) is 11.5 Å². The van der Waals surface area contributed by atoms with Crippen LogP contribution >= 0.6 is 0 Å². The van der Waals surface area contributed by atoms with Gasteiger partial charge in [-0.05, 0) is 14.0 Å². The van der Waals surface area contributed by atoms with Gasteiger partial charge in [-0.1, -0.05) is 0 Å². The van der Waals surface area contributed by atoms with Gasteiger partial charge in [-0.15, -0.1) is 0 Å². The van der Waals surface area contributed by atoms with Gasteiger partial charge < -0.3 is 20.3 Å². The summed E-state index contributed by atoms with van der Waals surface area (Å²) >= 11 is 0. The molecule has 0 saturated heterocycles. The molecule has 0 aliphatic rings. The van der Waals surface area contributed by atoms with Gasteiger partial charge in [-0.3, -0.25) is 9.78 Å². The van der Waals surface area contributed by atoms with E-state index in [9.17, 15) is 4.79 Å². The number of rotatable bonds is 9. The van der Waals surface area contributed by atoms with Crippen LogP contribution < -0.4 is 10.6 Å². The van der Waals surface area contributed by atoms with Gasteiger partial charge in [-0.2, -0.15) is 0 Å². The van der Waals surface area contributed by atoms with Gasteiger partial charge in [0.15, 0.2) is 0 Å². The lowest BCUT2D eigenvalue weighted by Crippen LogP contribution is -2.34. The Labute approximate surface area is 119 Å². The Morgan fingerprint density at radius 1 is 1.40 bits per heavy atom. The molecule has 0 radical (unpaired) electrons. The highest BCUT2D eigenvalue weighted by Crippen LogP contribution is 2.01. The fourth-order valence-electron chi connectivity index (χ4n) is 1.55. The minimum absolute atomic E-state index is 0.211. The van der Waals surface area contributed by atoms with Crippen molar-refractivity contribution >= 4 is 11.7 Å². The lowest BCUT2D eigenvalue weighted by Gasteiger charge is -2.16. The molecular weight excluding hydrogens is 258 g/mol. The summed E-state index contributed by atoms with van der Waals surface area (Å²) in [4.78, 5) is 22.2. The van der Waals surface area contributed by atoms with Gasteiger partial charge in [-0.25, -0.2) is 4.98 Å². The van der Waals surface area contributed by atoms with Gasteiger partial charge in [0, 0.05) is 33.3 Å². The largest absolute Gasteiger partial charge is 0.383 e. The molecule has 1 rings (SSSR count). The van der Waals surface area contributed by atoms with Crippen LogP contribution in [0.15, 0.2) is 12.4 Å². The minimum atomic E-state index is -0.211. The third-order valence-corrected chi connectivity index (χ3v) is 2.68. The third-order valence-electron chi connectivity index (χ3n) is 2.68. The van der Waals surface area contributed by atoms with Gasteiger partial charge in [0.05, 0.1) is 19.0 Å². The number of carbonyl (C=O) groups excluding carboxylic acids is 1. The summed E-state index contributed by atoms with van der Waals surface area (Å²) < 4.78 is 4.99. The lowest BCUT2D eigenvalue weighted by molar-refractivity contribution is 0.0942. The molecule has 7 nitrogen and oxygen atoms in total. The van der Waals surface area contributed by atoms with Crippen molar-refractivity contribution in [2.24, 2.45) is 0 Å². The topological polar surface area (TPSA) is 79.4 Å². The summed E-state index contributed by atoms with van der Waals surface area (Å²) in [5, 5.41) is 5.85. The number of hydrogen-bond acceptors (Lipinski definition) is 6. The molecule has 0 bridgehead atoms. The van der Waals surface area contributed by atoms with E-state index < -0.39 is 0 Å². The van der Waals surface area contributed by atoms with Crippen molar-refractivity contribution in [2.45, 2.75) is 6.92 Å². The van der Waals surface area contributed by atoms with Gasteiger partial charge in [0.25, 0.3) is 5.91 Å². The Kier molecular flexibility index (Phi) is 7.52. The smallest absolute Gasteiger partial charge is 0.271 e. The zero-order valence-corrected chi connectivity index (χ0v) is 12.3. The average molecular weight is 281 g/mol. The zero-order valence-electron chi connectivity index (χ0n) is 12.3. The minimum Gasteiger partial charge on any atom is -0.383 e. The van der Waals surface area contributed by atoms with E-state index >= 15 is 0 Å². The number of anilines is 1. The zero-order chi connectivity index (χ0) is 14.8. The summed E-state index contributed by atoms with van der Waals surface area (Å²) in [6, 6.07) is 0. The molecule has 1 heterocycles. The second kappa shape index (κ2) is 9.22. The van der Waals surface area contributed by atoms with Crippen LogP contribution in [0.3, 0.4) is 0 Å². The predicted octanol–water partition coefficient (Wildman–Crippen LogP) is 0.216. The van der Waals surface area contributed by atoms with Crippen LogP contribution in [0.4, 0.5) is 5.82 Å². The van der Waals surface area contributed by atoms with E-state index in [-0.39, 0.29) is 5.91 Å². The van der Waals surface area contributed by atoms with Crippen LogP contribution in [0.2, 0.25) is 0 Å². The molecule has 112 valence electrons. The predicted molar refractivity (Wildman–Crippen MR) is 77.9 cm³/mol. The number of likely N-dealkylation sites (N-methyl/N-ethyl adjacent to an activating group) is 1. The van der Waals surface area contributed by atoms with E-state index in [1.54, 1.807) is 13.3 Å². The molecule has 0 atom stereocenters. The molecule has 0 aliphatic carbocycles. The first kappa shape index (κ1) is 16.3. The van der Waals surface area contributed by atoms with Crippen LogP contribution in [0.25, 0.3) is 0 Å². The maximum Gasteiger partial charge on any atom is 0.271 e. The number of amides is 1. The van der Waals surface area contributed by atoms with Gasteiger partial charge in [0.2, 0.25) is 0 Å². The molecule has 7 heteroatoms. The molecule has 0 aromatic carbocycles. The number of carbonyl (C=O) groups is 1. The van der Waals surface area contributed by atoms with Gasteiger partial charge >= 0.3 is 0 Å². The van der Waals surface area contributed by atoms with Crippen LogP contribution in [0.5, 0.6) is 0 Å². The molecule has 1 aromatic rings. The standard InChI is InChI=1S/C13H23N5O2/c1-4-15-12-10-14-9-11(17-12)13(19)16-5-6-18(2)7-8-20-3/h9-10H,4-8H2,1-3H3,(H,15,17)(H,16,19). The van der Waals surface area contributed by atoms with E-state index in [1.165, 1.54) is 6.20 Å².